The van der Waals surface area contributed by atoms with Gasteiger partial charge >= 0.3 is 0 Å². The van der Waals surface area contributed by atoms with Gasteiger partial charge in [0.25, 0.3) is 0 Å². The van der Waals surface area contributed by atoms with Crippen LogP contribution in [-0.2, 0) is 9.59 Å². The van der Waals surface area contributed by atoms with Gasteiger partial charge in [-0.1, -0.05) is 19.8 Å². The number of unbranched alkanes of at least 4 members (excludes halogenated alkanes) is 1. The largest absolute Gasteiger partial charge is 0.355 e. The van der Waals surface area contributed by atoms with Crippen LogP contribution in [0.5, 0.6) is 0 Å². The van der Waals surface area contributed by atoms with E-state index < -0.39 is 0 Å². The molecule has 1 saturated heterocycles. The van der Waals surface area contributed by atoms with E-state index in [1.165, 1.54) is 6.42 Å². The minimum absolute atomic E-state index is 0.0962. The third kappa shape index (κ3) is 5.63. The number of carbonyl (C=O) groups is 2. The first-order valence-corrected chi connectivity index (χ1v) is 7.13. The second kappa shape index (κ2) is 8.25. The Kier molecular flexibility index (Phi) is 6.94. The summed E-state index contributed by atoms with van der Waals surface area (Å²) in [6.45, 7) is 5.90. The van der Waals surface area contributed by atoms with Crippen molar-refractivity contribution in [1.29, 1.82) is 0 Å². The van der Waals surface area contributed by atoms with E-state index in [1.54, 1.807) is 6.92 Å². The molecule has 0 spiro atoms. The fraction of sp³-hybridized carbons (Fsp3) is 0.857. The molecule has 1 atom stereocenters. The molecule has 0 aromatic heterocycles. The second-order valence-corrected chi connectivity index (χ2v) is 5.23. The number of nitrogens with zero attached hydrogens (tertiary/aromatic N) is 1. The minimum atomic E-state index is 0.0962. The fourth-order valence-corrected chi connectivity index (χ4v) is 2.48. The molecule has 0 aromatic rings. The SMILES string of the molecule is CCCCNC(=O)CN1CCCCC1CC(C)=O. The molecule has 0 aliphatic carbocycles. The summed E-state index contributed by atoms with van der Waals surface area (Å²) in [7, 11) is 0. The lowest BCUT2D eigenvalue weighted by molar-refractivity contribution is -0.125. The molecule has 4 heteroatoms. The topological polar surface area (TPSA) is 49.4 Å². The lowest BCUT2D eigenvalue weighted by atomic mass is 9.98. The van der Waals surface area contributed by atoms with Gasteiger partial charge in [0.05, 0.1) is 6.54 Å². The van der Waals surface area contributed by atoms with Crippen molar-refractivity contribution in [3.63, 3.8) is 0 Å². The van der Waals surface area contributed by atoms with Crippen molar-refractivity contribution in [2.75, 3.05) is 19.6 Å². The fourth-order valence-electron chi connectivity index (χ4n) is 2.48. The Hall–Kier alpha value is -0.900. The summed E-state index contributed by atoms with van der Waals surface area (Å²) in [4.78, 5) is 25.2. The Bertz CT molecular complexity index is 279. The quantitative estimate of drug-likeness (QED) is 0.704. The van der Waals surface area contributed by atoms with Gasteiger partial charge in [-0.15, -0.1) is 0 Å². The molecule has 1 fully saturated rings. The first kappa shape index (κ1) is 15.2. The van der Waals surface area contributed by atoms with Crippen molar-refractivity contribution >= 4 is 11.7 Å². The lowest BCUT2D eigenvalue weighted by Gasteiger charge is -2.34. The maximum absolute atomic E-state index is 11.8. The summed E-state index contributed by atoms with van der Waals surface area (Å²) in [5, 5.41) is 2.94. The van der Waals surface area contributed by atoms with E-state index in [4.69, 9.17) is 0 Å². The van der Waals surface area contributed by atoms with Gasteiger partial charge in [0.15, 0.2) is 0 Å². The van der Waals surface area contributed by atoms with E-state index in [2.05, 4.69) is 17.1 Å². The summed E-state index contributed by atoms with van der Waals surface area (Å²) < 4.78 is 0. The van der Waals surface area contributed by atoms with E-state index in [9.17, 15) is 9.59 Å². The Balaban J connectivity index is 2.36. The molecule has 0 radical (unpaired) electrons. The van der Waals surface area contributed by atoms with E-state index >= 15 is 0 Å². The van der Waals surface area contributed by atoms with Crippen LogP contribution in [0, 0.1) is 0 Å². The minimum Gasteiger partial charge on any atom is -0.355 e. The average Bonchev–Trinajstić information content (AvgIpc) is 2.31. The Morgan fingerprint density at radius 2 is 2.11 bits per heavy atom. The molecule has 1 aliphatic rings. The van der Waals surface area contributed by atoms with Crippen LogP contribution >= 0.6 is 0 Å². The van der Waals surface area contributed by atoms with Gasteiger partial charge in [0, 0.05) is 19.0 Å². The molecule has 104 valence electrons. The zero-order chi connectivity index (χ0) is 13.4. The van der Waals surface area contributed by atoms with Gasteiger partial charge in [-0.05, 0) is 32.7 Å². The number of Topliss-reactive ketones (excluding diaryl/α,β-unsaturated/α-hetero) is 1. The Morgan fingerprint density at radius 1 is 1.33 bits per heavy atom. The number of rotatable bonds is 7. The van der Waals surface area contributed by atoms with Gasteiger partial charge in [0.2, 0.25) is 5.91 Å². The van der Waals surface area contributed by atoms with Crippen LogP contribution in [0.1, 0.15) is 52.4 Å². The number of hydrogen-bond donors (Lipinski definition) is 1. The summed E-state index contributed by atoms with van der Waals surface area (Å²) in [6, 6.07) is 0.271. The van der Waals surface area contributed by atoms with Gasteiger partial charge in [0.1, 0.15) is 5.78 Å². The van der Waals surface area contributed by atoms with Gasteiger partial charge in [-0.2, -0.15) is 0 Å². The number of amides is 1. The van der Waals surface area contributed by atoms with E-state index in [-0.39, 0.29) is 17.7 Å². The van der Waals surface area contributed by atoms with Crippen LogP contribution in [-0.4, -0.2) is 42.3 Å². The van der Waals surface area contributed by atoms with Crippen LogP contribution in [0.2, 0.25) is 0 Å². The van der Waals surface area contributed by atoms with Crippen molar-refractivity contribution in [3.8, 4) is 0 Å². The summed E-state index contributed by atoms with van der Waals surface area (Å²) in [5.74, 6) is 0.317. The molecular formula is C14H26N2O2. The van der Waals surface area contributed by atoms with Crippen molar-refractivity contribution in [3.05, 3.63) is 0 Å². The first-order chi connectivity index (χ1) is 8.63. The van der Waals surface area contributed by atoms with Crippen LogP contribution in [0.25, 0.3) is 0 Å². The molecule has 1 amide bonds. The molecule has 18 heavy (non-hydrogen) atoms. The maximum atomic E-state index is 11.8. The molecule has 1 heterocycles. The van der Waals surface area contributed by atoms with Gasteiger partial charge < -0.3 is 5.32 Å². The molecule has 1 N–H and O–H groups in total. The van der Waals surface area contributed by atoms with Gasteiger partial charge in [-0.25, -0.2) is 0 Å². The number of ketones is 1. The van der Waals surface area contributed by atoms with Crippen molar-refractivity contribution in [2.24, 2.45) is 0 Å². The monoisotopic (exact) mass is 254 g/mol. The highest BCUT2D eigenvalue weighted by Crippen LogP contribution is 2.19. The highest BCUT2D eigenvalue weighted by molar-refractivity contribution is 5.78. The van der Waals surface area contributed by atoms with Crippen molar-refractivity contribution < 1.29 is 9.59 Å². The second-order valence-electron chi connectivity index (χ2n) is 5.23. The Morgan fingerprint density at radius 3 is 2.78 bits per heavy atom. The molecular weight excluding hydrogens is 228 g/mol. The van der Waals surface area contributed by atoms with Crippen molar-refractivity contribution in [1.82, 2.24) is 10.2 Å². The first-order valence-electron chi connectivity index (χ1n) is 7.13. The zero-order valence-electron chi connectivity index (χ0n) is 11.7. The molecule has 1 unspecified atom stereocenters. The predicted octanol–water partition coefficient (Wildman–Crippen LogP) is 1.74. The molecule has 4 nitrogen and oxygen atoms in total. The predicted molar refractivity (Wildman–Crippen MR) is 72.4 cm³/mol. The van der Waals surface area contributed by atoms with Crippen molar-refractivity contribution in [2.45, 2.75) is 58.4 Å². The van der Waals surface area contributed by atoms with E-state index in [0.717, 1.165) is 38.8 Å². The third-order valence-corrected chi connectivity index (χ3v) is 3.47. The smallest absolute Gasteiger partial charge is 0.234 e. The lowest BCUT2D eigenvalue weighted by Crippen LogP contribution is -2.46. The van der Waals surface area contributed by atoms with Crippen LogP contribution in [0.4, 0.5) is 0 Å². The molecule has 0 saturated carbocycles. The van der Waals surface area contributed by atoms with Gasteiger partial charge in [-0.3, -0.25) is 14.5 Å². The van der Waals surface area contributed by atoms with E-state index in [0.29, 0.717) is 13.0 Å². The van der Waals surface area contributed by atoms with Crippen LogP contribution in [0.3, 0.4) is 0 Å². The number of nitrogens with one attached hydrogen (secondary N) is 1. The normalized spacial score (nSPS) is 20.7. The zero-order valence-corrected chi connectivity index (χ0v) is 11.7. The molecule has 0 aromatic carbocycles. The summed E-state index contributed by atoms with van der Waals surface area (Å²) in [6.07, 6.45) is 6.06. The number of hydrogen-bond acceptors (Lipinski definition) is 3. The Labute approximate surface area is 110 Å². The van der Waals surface area contributed by atoms with Crippen LogP contribution in [0.15, 0.2) is 0 Å². The molecule has 0 bridgehead atoms. The summed E-state index contributed by atoms with van der Waals surface area (Å²) >= 11 is 0. The average molecular weight is 254 g/mol. The standard InChI is InChI=1S/C14H26N2O2/c1-3-4-8-15-14(18)11-16-9-6-5-7-13(16)10-12(2)17/h13H,3-11H2,1-2H3,(H,15,18). The molecule has 1 aliphatic heterocycles. The summed E-state index contributed by atoms with van der Waals surface area (Å²) in [5.41, 5.74) is 0. The number of piperidine rings is 1. The highest BCUT2D eigenvalue weighted by atomic mass is 16.2. The van der Waals surface area contributed by atoms with Crippen LogP contribution < -0.4 is 5.32 Å². The number of likely N-dealkylation sites (tertiary alicyclic amines) is 1. The maximum Gasteiger partial charge on any atom is 0.234 e. The highest BCUT2D eigenvalue weighted by Gasteiger charge is 2.24. The molecule has 1 rings (SSSR count). The third-order valence-electron chi connectivity index (χ3n) is 3.47. The number of carbonyl (C=O) groups excluding carboxylic acids is 2. The van der Waals surface area contributed by atoms with E-state index in [1.807, 2.05) is 0 Å².